The van der Waals surface area contributed by atoms with E-state index in [0.717, 1.165) is 12.2 Å². The number of nitrogens with zero attached hydrogens (tertiary/aromatic N) is 3. The molecule has 0 saturated heterocycles. The monoisotopic (exact) mass is 399 g/mol. The SMILES string of the molecule is Br.CCc1ccc(OCCCON2C(N)=NC(N)=NC2(C)C)cc1. The average molecular weight is 400 g/mol. The van der Waals surface area contributed by atoms with Gasteiger partial charge in [-0.25, -0.2) is 4.99 Å². The van der Waals surface area contributed by atoms with Gasteiger partial charge in [0.1, 0.15) is 5.75 Å². The topological polar surface area (TPSA) is 98.5 Å². The summed E-state index contributed by atoms with van der Waals surface area (Å²) in [7, 11) is 0. The lowest BCUT2D eigenvalue weighted by atomic mass is 10.2. The number of aryl methyl sites for hydroxylation is 1. The molecule has 0 fully saturated rings. The van der Waals surface area contributed by atoms with Crippen molar-refractivity contribution in [3.63, 3.8) is 0 Å². The number of aliphatic imine (C=N–C) groups is 2. The molecular weight excluding hydrogens is 374 g/mol. The van der Waals surface area contributed by atoms with Crippen LogP contribution in [0.3, 0.4) is 0 Å². The van der Waals surface area contributed by atoms with E-state index in [-0.39, 0.29) is 28.9 Å². The van der Waals surface area contributed by atoms with Crippen LogP contribution in [0.2, 0.25) is 0 Å². The molecule has 0 bridgehead atoms. The van der Waals surface area contributed by atoms with Gasteiger partial charge in [0.15, 0.2) is 5.66 Å². The zero-order chi connectivity index (χ0) is 16.9. The van der Waals surface area contributed by atoms with Crippen LogP contribution < -0.4 is 16.2 Å². The van der Waals surface area contributed by atoms with Gasteiger partial charge in [0.2, 0.25) is 11.9 Å². The fourth-order valence-electron chi connectivity index (χ4n) is 2.24. The minimum absolute atomic E-state index is 0. The van der Waals surface area contributed by atoms with Crippen LogP contribution in [0, 0.1) is 0 Å². The van der Waals surface area contributed by atoms with Gasteiger partial charge in [-0.05, 0) is 38.0 Å². The van der Waals surface area contributed by atoms with Gasteiger partial charge in [0, 0.05) is 6.42 Å². The van der Waals surface area contributed by atoms with Crippen molar-refractivity contribution in [2.24, 2.45) is 21.5 Å². The Morgan fingerprint density at radius 1 is 1.12 bits per heavy atom. The van der Waals surface area contributed by atoms with Crippen LogP contribution in [0.5, 0.6) is 5.75 Å². The molecule has 134 valence electrons. The number of hydrogen-bond donors (Lipinski definition) is 2. The van der Waals surface area contributed by atoms with E-state index in [1.807, 2.05) is 26.0 Å². The van der Waals surface area contributed by atoms with Crippen LogP contribution in [-0.4, -0.2) is 35.9 Å². The van der Waals surface area contributed by atoms with Crippen molar-refractivity contribution in [2.45, 2.75) is 39.3 Å². The zero-order valence-corrected chi connectivity index (χ0v) is 16.1. The third-order valence-corrected chi connectivity index (χ3v) is 3.43. The number of nitrogens with two attached hydrogens (primary N) is 2. The van der Waals surface area contributed by atoms with Crippen LogP contribution in [0.4, 0.5) is 0 Å². The smallest absolute Gasteiger partial charge is 0.226 e. The highest BCUT2D eigenvalue weighted by atomic mass is 79.9. The second-order valence-corrected chi connectivity index (χ2v) is 5.76. The Bertz CT molecular complexity index is 587. The van der Waals surface area contributed by atoms with Gasteiger partial charge in [-0.3, -0.25) is 4.84 Å². The van der Waals surface area contributed by atoms with Gasteiger partial charge < -0.3 is 16.2 Å². The molecule has 0 atom stereocenters. The molecular formula is C16H26BrN5O2. The number of hydrogen-bond acceptors (Lipinski definition) is 7. The predicted octanol–water partition coefficient (Wildman–Crippen LogP) is 2.21. The molecule has 0 spiro atoms. The molecule has 0 unspecified atom stereocenters. The Labute approximate surface area is 153 Å². The fourth-order valence-corrected chi connectivity index (χ4v) is 2.24. The summed E-state index contributed by atoms with van der Waals surface area (Å²) in [6.45, 7) is 6.84. The molecule has 24 heavy (non-hydrogen) atoms. The predicted molar refractivity (Wildman–Crippen MR) is 101 cm³/mol. The highest BCUT2D eigenvalue weighted by Gasteiger charge is 2.32. The highest BCUT2D eigenvalue weighted by molar-refractivity contribution is 8.93. The maximum atomic E-state index is 5.84. The molecule has 0 radical (unpaired) electrons. The molecule has 1 aliphatic heterocycles. The molecule has 0 aromatic heterocycles. The fraction of sp³-hybridized carbons (Fsp3) is 0.500. The minimum Gasteiger partial charge on any atom is -0.494 e. The van der Waals surface area contributed by atoms with E-state index in [2.05, 4.69) is 29.0 Å². The van der Waals surface area contributed by atoms with Crippen LogP contribution >= 0.6 is 17.0 Å². The summed E-state index contributed by atoms with van der Waals surface area (Å²) in [6.07, 6.45) is 1.74. The van der Waals surface area contributed by atoms with E-state index in [0.29, 0.717) is 19.6 Å². The second-order valence-electron chi connectivity index (χ2n) is 5.76. The second kappa shape index (κ2) is 8.89. The van der Waals surface area contributed by atoms with Crippen molar-refractivity contribution in [3.8, 4) is 5.75 Å². The molecule has 0 saturated carbocycles. The maximum Gasteiger partial charge on any atom is 0.226 e. The van der Waals surface area contributed by atoms with Gasteiger partial charge in [0.25, 0.3) is 0 Å². The van der Waals surface area contributed by atoms with E-state index in [1.165, 1.54) is 10.6 Å². The van der Waals surface area contributed by atoms with E-state index in [9.17, 15) is 0 Å². The van der Waals surface area contributed by atoms with E-state index in [4.69, 9.17) is 21.0 Å². The third kappa shape index (κ3) is 5.38. The maximum absolute atomic E-state index is 5.84. The van der Waals surface area contributed by atoms with Crippen LogP contribution in [0.25, 0.3) is 0 Å². The van der Waals surface area contributed by atoms with Crippen molar-refractivity contribution >= 4 is 28.9 Å². The summed E-state index contributed by atoms with van der Waals surface area (Å²) in [5, 5.41) is 1.47. The first kappa shape index (κ1) is 20.2. The summed E-state index contributed by atoms with van der Waals surface area (Å²) < 4.78 is 5.68. The molecule has 1 heterocycles. The highest BCUT2D eigenvalue weighted by Crippen LogP contribution is 2.20. The number of hydroxylamine groups is 2. The first-order valence-electron chi connectivity index (χ1n) is 7.77. The lowest BCUT2D eigenvalue weighted by Crippen LogP contribution is -2.53. The van der Waals surface area contributed by atoms with Crippen molar-refractivity contribution in [3.05, 3.63) is 29.8 Å². The van der Waals surface area contributed by atoms with Gasteiger partial charge in [0.05, 0.1) is 13.2 Å². The van der Waals surface area contributed by atoms with E-state index < -0.39 is 5.66 Å². The van der Waals surface area contributed by atoms with Gasteiger partial charge in [-0.1, -0.05) is 19.1 Å². The molecule has 0 aliphatic carbocycles. The normalized spacial score (nSPS) is 16.0. The summed E-state index contributed by atoms with van der Waals surface area (Å²) in [5.41, 5.74) is 12.1. The van der Waals surface area contributed by atoms with E-state index in [1.54, 1.807) is 0 Å². The molecule has 1 aromatic rings. The lowest BCUT2D eigenvalue weighted by Gasteiger charge is -2.36. The first-order chi connectivity index (χ1) is 10.9. The summed E-state index contributed by atoms with van der Waals surface area (Å²) in [4.78, 5) is 13.8. The molecule has 4 N–H and O–H groups in total. The Kier molecular flexibility index (Phi) is 7.50. The zero-order valence-electron chi connectivity index (χ0n) is 14.4. The molecule has 1 aromatic carbocycles. The lowest BCUT2D eigenvalue weighted by molar-refractivity contribution is -0.158. The summed E-state index contributed by atoms with van der Waals surface area (Å²) in [5.74, 6) is 1.23. The van der Waals surface area contributed by atoms with Crippen LogP contribution in [0.15, 0.2) is 34.3 Å². The summed E-state index contributed by atoms with van der Waals surface area (Å²) >= 11 is 0. The van der Waals surface area contributed by atoms with Gasteiger partial charge in [-0.15, -0.1) is 17.0 Å². The van der Waals surface area contributed by atoms with Crippen molar-refractivity contribution in [1.82, 2.24) is 5.06 Å². The number of halogens is 1. The largest absolute Gasteiger partial charge is 0.494 e. The third-order valence-electron chi connectivity index (χ3n) is 3.43. The minimum atomic E-state index is -0.674. The molecule has 1 aliphatic rings. The number of benzene rings is 1. The summed E-state index contributed by atoms with van der Waals surface area (Å²) in [6, 6.07) is 8.11. The van der Waals surface area contributed by atoms with E-state index >= 15 is 0 Å². The Hall–Kier alpha value is -1.80. The van der Waals surface area contributed by atoms with Gasteiger partial charge in [-0.2, -0.15) is 10.1 Å². The van der Waals surface area contributed by atoms with Crippen LogP contribution in [-0.2, 0) is 11.3 Å². The standard InChI is InChI=1S/C16H25N5O2.BrH/c1-4-12-6-8-13(9-7-12)22-10-5-11-23-21-15(18)19-14(17)20-16(21,2)3;/h6-9H,4-5,10-11H2,1-3H3,(H4,17,18,19,20);1H. The number of ether oxygens (including phenoxy) is 1. The molecule has 2 rings (SSSR count). The number of rotatable bonds is 7. The average Bonchev–Trinajstić information content (AvgIpc) is 2.49. The Morgan fingerprint density at radius 3 is 2.38 bits per heavy atom. The van der Waals surface area contributed by atoms with Gasteiger partial charge >= 0.3 is 0 Å². The number of guanidine groups is 2. The molecule has 7 nitrogen and oxygen atoms in total. The Morgan fingerprint density at radius 2 is 1.79 bits per heavy atom. The first-order valence-corrected chi connectivity index (χ1v) is 7.77. The molecule has 8 heteroatoms. The quantitative estimate of drug-likeness (QED) is 0.684. The van der Waals surface area contributed by atoms with Crippen molar-refractivity contribution in [1.29, 1.82) is 0 Å². The molecule has 0 amide bonds. The van der Waals surface area contributed by atoms with Crippen molar-refractivity contribution < 1.29 is 9.57 Å². The Balaban J connectivity index is 0.00000288. The van der Waals surface area contributed by atoms with Crippen molar-refractivity contribution in [2.75, 3.05) is 13.2 Å². The van der Waals surface area contributed by atoms with Crippen LogP contribution in [0.1, 0.15) is 32.8 Å².